The first-order chi connectivity index (χ1) is 6.66. The van der Waals surface area contributed by atoms with Crippen LogP contribution >= 0.6 is 11.6 Å². The first-order valence-corrected chi connectivity index (χ1v) is 5.04. The van der Waals surface area contributed by atoms with Crippen LogP contribution in [-0.2, 0) is 7.05 Å². The number of aromatic nitrogens is 2. The molecule has 0 aliphatic rings. The fourth-order valence-electron chi connectivity index (χ4n) is 1.23. The SMILES string of the molecule is Cc1nn(C)c(C)c1OCC=CCCl. The lowest BCUT2D eigenvalue weighted by Gasteiger charge is -2.02. The smallest absolute Gasteiger partial charge is 0.163 e. The maximum Gasteiger partial charge on any atom is 0.163 e. The van der Waals surface area contributed by atoms with Crippen LogP contribution in [0.15, 0.2) is 12.2 Å². The third-order valence-electron chi connectivity index (χ3n) is 2.02. The van der Waals surface area contributed by atoms with E-state index in [0.717, 1.165) is 17.1 Å². The molecule has 0 N–H and O–H groups in total. The number of ether oxygens (including phenoxy) is 1. The maximum absolute atomic E-state index is 5.56. The molecule has 1 aromatic rings. The van der Waals surface area contributed by atoms with E-state index in [4.69, 9.17) is 16.3 Å². The molecule has 1 heterocycles. The predicted octanol–water partition coefficient (Wildman–Crippen LogP) is 2.21. The van der Waals surface area contributed by atoms with E-state index in [1.807, 2.05) is 37.7 Å². The number of alkyl halides is 1. The standard InChI is InChI=1S/C10H15ClN2O/c1-8-10(9(2)13(3)12-8)14-7-5-4-6-11/h4-5H,6-7H2,1-3H3. The van der Waals surface area contributed by atoms with Crippen molar-refractivity contribution < 1.29 is 4.74 Å². The first-order valence-electron chi connectivity index (χ1n) is 4.50. The minimum absolute atomic E-state index is 0.522. The number of rotatable bonds is 4. The largest absolute Gasteiger partial charge is 0.486 e. The van der Waals surface area contributed by atoms with E-state index in [-0.39, 0.29) is 0 Å². The van der Waals surface area contributed by atoms with E-state index in [1.54, 1.807) is 0 Å². The Bertz CT molecular complexity index is 331. The highest BCUT2D eigenvalue weighted by atomic mass is 35.5. The van der Waals surface area contributed by atoms with Gasteiger partial charge in [-0.2, -0.15) is 5.10 Å². The molecule has 0 radical (unpaired) electrons. The lowest BCUT2D eigenvalue weighted by Crippen LogP contribution is -1.97. The minimum Gasteiger partial charge on any atom is -0.486 e. The number of nitrogens with zero attached hydrogens (tertiary/aromatic N) is 2. The molecule has 0 fully saturated rings. The van der Waals surface area contributed by atoms with Crippen LogP contribution in [0.4, 0.5) is 0 Å². The predicted molar refractivity (Wildman–Crippen MR) is 58.0 cm³/mol. The Labute approximate surface area is 89.3 Å². The van der Waals surface area contributed by atoms with Crippen LogP contribution in [-0.4, -0.2) is 22.3 Å². The number of hydrogen-bond donors (Lipinski definition) is 0. The molecular weight excluding hydrogens is 200 g/mol. The average molecular weight is 215 g/mol. The molecular formula is C10H15ClN2O. The molecule has 0 unspecified atom stereocenters. The van der Waals surface area contributed by atoms with Crippen LogP contribution in [0.5, 0.6) is 5.75 Å². The second-order valence-electron chi connectivity index (χ2n) is 3.06. The van der Waals surface area contributed by atoms with Crippen molar-refractivity contribution in [2.75, 3.05) is 12.5 Å². The monoisotopic (exact) mass is 214 g/mol. The maximum atomic E-state index is 5.56. The summed E-state index contributed by atoms with van der Waals surface area (Å²) < 4.78 is 7.38. The second kappa shape index (κ2) is 5.05. The fraction of sp³-hybridized carbons (Fsp3) is 0.500. The van der Waals surface area contributed by atoms with Crippen LogP contribution in [0.2, 0.25) is 0 Å². The van der Waals surface area contributed by atoms with Crippen molar-refractivity contribution in [1.82, 2.24) is 9.78 Å². The zero-order valence-corrected chi connectivity index (χ0v) is 9.51. The summed E-state index contributed by atoms with van der Waals surface area (Å²) in [6.45, 7) is 4.47. The Hall–Kier alpha value is -0.960. The molecule has 0 atom stereocenters. The molecule has 0 spiro atoms. The molecule has 0 aliphatic carbocycles. The second-order valence-corrected chi connectivity index (χ2v) is 3.37. The Balaban J connectivity index is 2.62. The topological polar surface area (TPSA) is 27.1 Å². The zero-order chi connectivity index (χ0) is 10.6. The van der Waals surface area contributed by atoms with Gasteiger partial charge in [0.15, 0.2) is 5.75 Å². The van der Waals surface area contributed by atoms with Gasteiger partial charge in [-0.1, -0.05) is 12.2 Å². The molecule has 0 aliphatic heterocycles. The minimum atomic E-state index is 0.522. The van der Waals surface area contributed by atoms with Crippen LogP contribution in [0.3, 0.4) is 0 Å². The third kappa shape index (κ3) is 2.51. The lowest BCUT2D eigenvalue weighted by atomic mass is 10.3. The van der Waals surface area contributed by atoms with Gasteiger partial charge in [-0.3, -0.25) is 4.68 Å². The van der Waals surface area contributed by atoms with Crippen molar-refractivity contribution in [3.05, 3.63) is 23.5 Å². The number of aryl methyl sites for hydroxylation is 2. The molecule has 0 saturated heterocycles. The van der Waals surface area contributed by atoms with Gasteiger partial charge in [0, 0.05) is 12.9 Å². The van der Waals surface area contributed by atoms with Crippen LogP contribution < -0.4 is 4.74 Å². The number of allylic oxidation sites excluding steroid dienone is 1. The molecule has 0 aromatic carbocycles. The number of hydrogen-bond acceptors (Lipinski definition) is 2. The lowest BCUT2D eigenvalue weighted by molar-refractivity contribution is 0.357. The van der Waals surface area contributed by atoms with Gasteiger partial charge in [0.2, 0.25) is 0 Å². The van der Waals surface area contributed by atoms with E-state index < -0.39 is 0 Å². The molecule has 1 aromatic heterocycles. The van der Waals surface area contributed by atoms with Crippen LogP contribution in [0, 0.1) is 13.8 Å². The van der Waals surface area contributed by atoms with E-state index in [9.17, 15) is 0 Å². The van der Waals surface area contributed by atoms with Gasteiger partial charge in [0.25, 0.3) is 0 Å². The molecule has 0 amide bonds. The van der Waals surface area contributed by atoms with Gasteiger partial charge < -0.3 is 4.74 Å². The van der Waals surface area contributed by atoms with E-state index in [1.165, 1.54) is 0 Å². The molecule has 14 heavy (non-hydrogen) atoms. The summed E-state index contributed by atoms with van der Waals surface area (Å²) >= 11 is 5.49. The summed E-state index contributed by atoms with van der Waals surface area (Å²) in [5, 5.41) is 4.25. The third-order valence-corrected chi connectivity index (χ3v) is 2.20. The van der Waals surface area contributed by atoms with Gasteiger partial charge in [-0.25, -0.2) is 0 Å². The molecule has 1 rings (SSSR count). The summed E-state index contributed by atoms with van der Waals surface area (Å²) in [6, 6.07) is 0. The zero-order valence-electron chi connectivity index (χ0n) is 8.75. The molecule has 0 saturated carbocycles. The van der Waals surface area contributed by atoms with Gasteiger partial charge in [-0.05, 0) is 13.8 Å². The van der Waals surface area contributed by atoms with Crippen molar-refractivity contribution in [2.24, 2.45) is 7.05 Å². The molecule has 4 heteroatoms. The van der Waals surface area contributed by atoms with E-state index in [0.29, 0.717) is 12.5 Å². The summed E-state index contributed by atoms with van der Waals surface area (Å²) in [5.41, 5.74) is 1.96. The van der Waals surface area contributed by atoms with Crippen molar-refractivity contribution in [1.29, 1.82) is 0 Å². The van der Waals surface area contributed by atoms with Crippen LogP contribution in [0.25, 0.3) is 0 Å². The van der Waals surface area contributed by atoms with Gasteiger partial charge in [-0.15, -0.1) is 11.6 Å². The van der Waals surface area contributed by atoms with Crippen LogP contribution in [0.1, 0.15) is 11.4 Å². The highest BCUT2D eigenvalue weighted by Gasteiger charge is 2.09. The quantitative estimate of drug-likeness (QED) is 0.568. The summed E-state index contributed by atoms with van der Waals surface area (Å²) in [4.78, 5) is 0. The van der Waals surface area contributed by atoms with Crippen molar-refractivity contribution >= 4 is 11.6 Å². The van der Waals surface area contributed by atoms with Gasteiger partial charge in [0.1, 0.15) is 12.3 Å². The average Bonchev–Trinajstić information content (AvgIpc) is 2.38. The van der Waals surface area contributed by atoms with Crippen molar-refractivity contribution in [3.63, 3.8) is 0 Å². The van der Waals surface area contributed by atoms with Crippen molar-refractivity contribution in [2.45, 2.75) is 13.8 Å². The first kappa shape index (κ1) is 11.1. The van der Waals surface area contributed by atoms with Gasteiger partial charge in [0.05, 0.1) is 5.69 Å². The summed E-state index contributed by atoms with van der Waals surface area (Å²) in [7, 11) is 1.91. The number of halogens is 1. The molecule has 78 valence electrons. The normalized spacial score (nSPS) is 11.1. The van der Waals surface area contributed by atoms with Crippen molar-refractivity contribution in [3.8, 4) is 5.75 Å². The Kier molecular flexibility index (Phi) is 4.01. The highest BCUT2D eigenvalue weighted by Crippen LogP contribution is 2.20. The summed E-state index contributed by atoms with van der Waals surface area (Å²) in [5.74, 6) is 1.39. The Morgan fingerprint density at radius 1 is 1.43 bits per heavy atom. The van der Waals surface area contributed by atoms with Gasteiger partial charge >= 0.3 is 0 Å². The van der Waals surface area contributed by atoms with E-state index in [2.05, 4.69) is 5.10 Å². The van der Waals surface area contributed by atoms with E-state index >= 15 is 0 Å². The highest BCUT2D eigenvalue weighted by molar-refractivity contribution is 6.18. The fourth-order valence-corrected chi connectivity index (χ4v) is 1.35. The summed E-state index contributed by atoms with van der Waals surface area (Å²) in [6.07, 6.45) is 3.77. The Morgan fingerprint density at radius 2 is 2.14 bits per heavy atom. The Morgan fingerprint density at radius 3 is 2.64 bits per heavy atom. The molecule has 3 nitrogen and oxygen atoms in total. The molecule has 0 bridgehead atoms.